The molecule has 3 rings (SSSR count). The van der Waals surface area contributed by atoms with Crippen LogP contribution in [0.1, 0.15) is 109 Å². The predicted octanol–water partition coefficient (Wildman–Crippen LogP) is 9.17. The standard InChI is InChI=1S/3C9H15NS/c1-6-8(9(3,4)5)10-7(2)11-6;1-6-8(9(3,4)5)11-7(2)10-6;1-6-7(2)11-8(10-6)9(3,4)5/h3*1-5H3. The lowest BCUT2D eigenvalue weighted by molar-refractivity contribution is 0.568. The number of rotatable bonds is 0. The summed E-state index contributed by atoms with van der Waals surface area (Å²) in [5.41, 5.74) is 4.30. The normalized spacial score (nSPS) is 12.1. The predicted molar refractivity (Wildman–Crippen MR) is 151 cm³/mol. The van der Waals surface area contributed by atoms with E-state index in [0.29, 0.717) is 0 Å². The molecule has 186 valence electrons. The van der Waals surface area contributed by atoms with Crippen molar-refractivity contribution in [2.75, 3.05) is 0 Å². The van der Waals surface area contributed by atoms with E-state index in [1.165, 1.54) is 46.7 Å². The Morgan fingerprint density at radius 1 is 0.485 bits per heavy atom. The first-order chi connectivity index (χ1) is 14.7. The summed E-state index contributed by atoms with van der Waals surface area (Å²) in [6.07, 6.45) is 0. The minimum atomic E-state index is 0.203. The fourth-order valence-electron chi connectivity index (χ4n) is 3.25. The van der Waals surface area contributed by atoms with Gasteiger partial charge in [0.05, 0.1) is 32.1 Å². The first-order valence-electron chi connectivity index (χ1n) is 11.6. The molecule has 3 nitrogen and oxygen atoms in total. The van der Waals surface area contributed by atoms with Crippen LogP contribution < -0.4 is 0 Å². The molecule has 6 heteroatoms. The van der Waals surface area contributed by atoms with Crippen molar-refractivity contribution in [3.8, 4) is 0 Å². The SMILES string of the molecule is Cc1nc(C(C)(C)C)c(C)s1.Cc1nc(C(C)(C)C)sc1C.Cc1nc(C)c(C(C)(C)C)s1. The summed E-state index contributed by atoms with van der Waals surface area (Å²) in [5, 5.41) is 3.59. The van der Waals surface area contributed by atoms with Crippen molar-refractivity contribution in [3.05, 3.63) is 46.7 Å². The van der Waals surface area contributed by atoms with Crippen LogP contribution >= 0.6 is 34.0 Å². The molecule has 0 saturated carbocycles. The van der Waals surface area contributed by atoms with E-state index in [0.717, 1.165) is 0 Å². The zero-order valence-electron chi connectivity index (χ0n) is 23.6. The molecule has 0 aliphatic heterocycles. The summed E-state index contributed by atoms with van der Waals surface area (Å²) < 4.78 is 0. The third-order valence-corrected chi connectivity index (χ3v) is 8.75. The van der Waals surface area contributed by atoms with Crippen molar-refractivity contribution < 1.29 is 0 Å². The van der Waals surface area contributed by atoms with Gasteiger partial charge < -0.3 is 0 Å². The highest BCUT2D eigenvalue weighted by molar-refractivity contribution is 7.12. The molecule has 0 fully saturated rings. The maximum Gasteiger partial charge on any atom is 0.0984 e. The van der Waals surface area contributed by atoms with E-state index in [-0.39, 0.29) is 16.2 Å². The Bertz CT molecular complexity index is 957. The van der Waals surface area contributed by atoms with Crippen molar-refractivity contribution >= 4 is 34.0 Å². The molecule has 0 aliphatic rings. The largest absolute Gasteiger partial charge is 0.247 e. The number of aromatic nitrogens is 3. The topological polar surface area (TPSA) is 38.7 Å². The van der Waals surface area contributed by atoms with E-state index in [1.54, 1.807) is 11.3 Å². The van der Waals surface area contributed by atoms with Crippen LogP contribution in [0.5, 0.6) is 0 Å². The fraction of sp³-hybridized carbons (Fsp3) is 0.667. The van der Waals surface area contributed by atoms with E-state index < -0.39 is 0 Å². The van der Waals surface area contributed by atoms with Gasteiger partial charge in [0.2, 0.25) is 0 Å². The average Bonchev–Trinajstić information content (AvgIpc) is 3.25. The van der Waals surface area contributed by atoms with Gasteiger partial charge in [-0.25, -0.2) is 15.0 Å². The lowest BCUT2D eigenvalue weighted by atomic mass is 9.92. The third-order valence-electron chi connectivity index (χ3n) is 4.87. The Hall–Kier alpha value is -1.11. The van der Waals surface area contributed by atoms with Crippen molar-refractivity contribution in [2.24, 2.45) is 0 Å². The van der Waals surface area contributed by atoms with E-state index in [4.69, 9.17) is 0 Å². The van der Waals surface area contributed by atoms with Crippen LogP contribution in [0.2, 0.25) is 0 Å². The third kappa shape index (κ3) is 9.22. The van der Waals surface area contributed by atoms with E-state index in [2.05, 4.69) is 119 Å². The van der Waals surface area contributed by atoms with Gasteiger partial charge >= 0.3 is 0 Å². The molecular weight excluding hydrogens is 463 g/mol. The first kappa shape index (κ1) is 29.9. The van der Waals surface area contributed by atoms with Gasteiger partial charge in [-0.15, -0.1) is 34.0 Å². The number of aryl methyl sites for hydroxylation is 6. The van der Waals surface area contributed by atoms with Gasteiger partial charge in [0.1, 0.15) is 0 Å². The minimum Gasteiger partial charge on any atom is -0.247 e. The maximum atomic E-state index is 4.50. The molecular formula is C27H45N3S3. The molecule has 0 radical (unpaired) electrons. The Morgan fingerprint density at radius 2 is 1.00 bits per heavy atom. The van der Waals surface area contributed by atoms with Gasteiger partial charge in [0.15, 0.2) is 0 Å². The van der Waals surface area contributed by atoms with Crippen LogP contribution in [0.3, 0.4) is 0 Å². The molecule has 0 atom stereocenters. The average molecular weight is 508 g/mol. The Morgan fingerprint density at radius 3 is 1.18 bits per heavy atom. The molecule has 0 saturated heterocycles. The molecule has 33 heavy (non-hydrogen) atoms. The first-order valence-corrected chi connectivity index (χ1v) is 14.0. The second-order valence-corrected chi connectivity index (χ2v) is 15.5. The van der Waals surface area contributed by atoms with Crippen molar-refractivity contribution in [1.82, 2.24) is 15.0 Å². The van der Waals surface area contributed by atoms with Crippen LogP contribution in [0.4, 0.5) is 0 Å². The van der Waals surface area contributed by atoms with Crippen molar-refractivity contribution in [2.45, 2.75) is 120 Å². The molecule has 0 unspecified atom stereocenters. The van der Waals surface area contributed by atoms with Crippen molar-refractivity contribution in [1.29, 1.82) is 0 Å². The summed E-state index contributed by atoms with van der Waals surface area (Å²) in [6.45, 7) is 32.4. The number of hydrogen-bond donors (Lipinski definition) is 0. The summed E-state index contributed by atoms with van der Waals surface area (Å²) in [6, 6.07) is 0. The van der Waals surface area contributed by atoms with Crippen molar-refractivity contribution in [3.63, 3.8) is 0 Å². The monoisotopic (exact) mass is 507 g/mol. The van der Waals surface area contributed by atoms with Gasteiger partial charge in [-0.05, 0) is 47.0 Å². The lowest BCUT2D eigenvalue weighted by Gasteiger charge is -2.16. The molecule has 3 aromatic rings. The molecule has 0 bridgehead atoms. The zero-order valence-corrected chi connectivity index (χ0v) is 26.0. The summed E-state index contributed by atoms with van der Waals surface area (Å²) >= 11 is 5.41. The van der Waals surface area contributed by atoms with Gasteiger partial charge in [-0.2, -0.15) is 0 Å². The maximum absolute atomic E-state index is 4.50. The van der Waals surface area contributed by atoms with E-state index in [1.807, 2.05) is 22.7 Å². The highest BCUT2D eigenvalue weighted by Gasteiger charge is 2.20. The highest BCUT2D eigenvalue weighted by Crippen LogP contribution is 2.31. The molecule has 0 amide bonds. The summed E-state index contributed by atoms with van der Waals surface area (Å²) in [4.78, 5) is 17.5. The summed E-state index contributed by atoms with van der Waals surface area (Å²) in [5.74, 6) is 0. The minimum absolute atomic E-state index is 0.203. The van der Waals surface area contributed by atoms with E-state index in [9.17, 15) is 0 Å². The number of thiazole rings is 3. The smallest absolute Gasteiger partial charge is 0.0984 e. The Kier molecular flexibility index (Phi) is 10.1. The molecule has 0 aromatic carbocycles. The van der Waals surface area contributed by atoms with Crippen LogP contribution in [-0.2, 0) is 16.2 Å². The quantitative estimate of drug-likeness (QED) is 0.304. The van der Waals surface area contributed by atoms with Gasteiger partial charge in [-0.3, -0.25) is 0 Å². The zero-order chi connectivity index (χ0) is 25.9. The number of hydrogen-bond acceptors (Lipinski definition) is 6. The fourth-order valence-corrected chi connectivity index (χ4v) is 6.22. The lowest BCUT2D eigenvalue weighted by Crippen LogP contribution is -2.12. The Labute approximate surface area is 215 Å². The van der Waals surface area contributed by atoms with Gasteiger partial charge in [-0.1, -0.05) is 62.3 Å². The second-order valence-electron chi connectivity index (χ2n) is 11.7. The molecule has 3 heterocycles. The molecule has 0 spiro atoms. The Balaban J connectivity index is 0.000000247. The highest BCUT2D eigenvalue weighted by atomic mass is 32.1. The van der Waals surface area contributed by atoms with E-state index >= 15 is 0 Å². The molecule has 0 N–H and O–H groups in total. The van der Waals surface area contributed by atoms with Crippen LogP contribution in [0.25, 0.3) is 0 Å². The van der Waals surface area contributed by atoms with Crippen LogP contribution in [-0.4, -0.2) is 15.0 Å². The number of nitrogens with zero attached hydrogens (tertiary/aromatic N) is 3. The summed E-state index contributed by atoms with van der Waals surface area (Å²) in [7, 11) is 0. The van der Waals surface area contributed by atoms with Gasteiger partial charge in [0, 0.05) is 25.5 Å². The van der Waals surface area contributed by atoms with Crippen LogP contribution in [0, 0.1) is 41.5 Å². The molecule has 3 aromatic heterocycles. The van der Waals surface area contributed by atoms with Gasteiger partial charge in [0.25, 0.3) is 0 Å². The molecule has 0 aliphatic carbocycles. The second kappa shape index (κ2) is 11.1. The van der Waals surface area contributed by atoms with Crippen LogP contribution in [0.15, 0.2) is 0 Å².